The number of nitrogens with zero attached hydrogens (tertiary/aromatic N) is 1. The first kappa shape index (κ1) is 27.3. The van der Waals surface area contributed by atoms with Crippen LogP contribution in [-0.2, 0) is 9.53 Å². The van der Waals surface area contributed by atoms with Crippen LogP contribution in [0.3, 0.4) is 0 Å². The number of nitrogens with one attached hydrogen (secondary N) is 2. The van der Waals surface area contributed by atoms with Crippen LogP contribution in [0.1, 0.15) is 35.3 Å². The van der Waals surface area contributed by atoms with Gasteiger partial charge in [0.2, 0.25) is 5.91 Å². The van der Waals surface area contributed by atoms with E-state index in [1.165, 1.54) is 7.11 Å². The van der Waals surface area contributed by atoms with Crippen molar-refractivity contribution < 1.29 is 19.1 Å². The average Bonchev–Trinajstić information content (AvgIpc) is 3.26. The molecule has 8 nitrogen and oxygen atoms in total. The lowest BCUT2D eigenvalue weighted by Gasteiger charge is -2.23. The summed E-state index contributed by atoms with van der Waals surface area (Å²) in [7, 11) is 4.79. The number of aromatic nitrogens is 1. The van der Waals surface area contributed by atoms with Crippen molar-refractivity contribution in [3.05, 3.63) is 78.0 Å². The number of nitrogens with two attached hydrogens (primary N) is 1. The Bertz CT molecular complexity index is 1320. The number of H-pyrrole nitrogens is 1. The molecule has 0 saturated carbocycles. The van der Waals surface area contributed by atoms with Crippen LogP contribution in [0.15, 0.2) is 61.3 Å². The molecule has 0 unspecified atom stereocenters. The minimum absolute atomic E-state index is 0.0313. The Labute approximate surface area is 217 Å². The van der Waals surface area contributed by atoms with Gasteiger partial charge in [-0.3, -0.25) is 9.59 Å². The third-order valence-corrected chi connectivity index (χ3v) is 6.10. The molecule has 0 atom stereocenters. The fourth-order valence-electron chi connectivity index (χ4n) is 3.86. The first-order chi connectivity index (χ1) is 17.7. The average molecular weight is 503 g/mol. The van der Waals surface area contributed by atoms with E-state index < -0.39 is 0 Å². The van der Waals surface area contributed by atoms with Crippen molar-refractivity contribution in [2.45, 2.75) is 19.9 Å². The Morgan fingerprint density at radius 1 is 1.16 bits per heavy atom. The van der Waals surface area contributed by atoms with Crippen LogP contribution >= 0.6 is 0 Å². The molecular formula is C29H34N4O4. The van der Waals surface area contributed by atoms with E-state index in [9.17, 15) is 9.59 Å². The number of rotatable bonds is 10. The fraction of sp³-hybridized carbons (Fsp3) is 0.241. The predicted molar refractivity (Wildman–Crippen MR) is 149 cm³/mol. The summed E-state index contributed by atoms with van der Waals surface area (Å²) in [6.07, 6.45) is 5.46. The second-order valence-electron chi connectivity index (χ2n) is 8.79. The van der Waals surface area contributed by atoms with Gasteiger partial charge in [-0.15, -0.1) is 0 Å². The SMILES string of the molecule is C=C/C(=C\c1c(-c2ccccc2OC)c[nH]c1N)c1ccc(NC(=O)COC)c(C(=O)N(C)C(C)C)c1. The molecule has 2 amide bonds. The highest BCUT2D eigenvalue weighted by atomic mass is 16.5. The molecule has 0 radical (unpaired) electrons. The van der Waals surface area contributed by atoms with Crippen LogP contribution in [-0.4, -0.2) is 55.6 Å². The number of carbonyl (C=O) groups is 2. The quantitative estimate of drug-likeness (QED) is 0.336. The number of aromatic amines is 1. The maximum atomic E-state index is 13.3. The molecule has 3 rings (SSSR count). The zero-order valence-electron chi connectivity index (χ0n) is 21.9. The third-order valence-electron chi connectivity index (χ3n) is 6.10. The lowest BCUT2D eigenvalue weighted by Crippen LogP contribution is -2.34. The number of ether oxygens (including phenoxy) is 2. The molecule has 0 aliphatic heterocycles. The number of methoxy groups -OCH3 is 2. The summed E-state index contributed by atoms with van der Waals surface area (Å²) in [4.78, 5) is 30.3. The van der Waals surface area contributed by atoms with E-state index in [1.807, 2.05) is 56.5 Å². The van der Waals surface area contributed by atoms with Crippen molar-refractivity contribution in [1.82, 2.24) is 9.88 Å². The first-order valence-electron chi connectivity index (χ1n) is 11.9. The van der Waals surface area contributed by atoms with Gasteiger partial charge >= 0.3 is 0 Å². The van der Waals surface area contributed by atoms with Crippen LogP contribution in [0, 0.1) is 0 Å². The smallest absolute Gasteiger partial charge is 0.255 e. The molecule has 194 valence electrons. The van der Waals surface area contributed by atoms with Gasteiger partial charge in [-0.25, -0.2) is 0 Å². The molecule has 1 heterocycles. The van der Waals surface area contributed by atoms with Gasteiger partial charge in [-0.2, -0.15) is 0 Å². The lowest BCUT2D eigenvalue weighted by molar-refractivity contribution is -0.119. The molecule has 8 heteroatoms. The maximum Gasteiger partial charge on any atom is 0.255 e. The predicted octanol–water partition coefficient (Wildman–Crippen LogP) is 5.06. The van der Waals surface area contributed by atoms with Gasteiger partial charge in [-0.1, -0.05) is 36.9 Å². The Hall–Kier alpha value is -4.30. The van der Waals surface area contributed by atoms with Crippen molar-refractivity contribution in [2.75, 3.05) is 38.9 Å². The summed E-state index contributed by atoms with van der Waals surface area (Å²) >= 11 is 0. The number of carbonyl (C=O) groups excluding carboxylic acids is 2. The number of benzene rings is 2. The van der Waals surface area contributed by atoms with Gasteiger partial charge in [0, 0.05) is 43.1 Å². The second-order valence-corrected chi connectivity index (χ2v) is 8.79. The summed E-state index contributed by atoms with van der Waals surface area (Å²) in [5.74, 6) is 0.637. The zero-order chi connectivity index (χ0) is 27.1. The molecule has 0 fully saturated rings. The topological polar surface area (TPSA) is 110 Å². The number of hydrogen-bond acceptors (Lipinski definition) is 5. The van der Waals surface area contributed by atoms with E-state index in [4.69, 9.17) is 15.2 Å². The Kier molecular flexibility index (Phi) is 8.92. The van der Waals surface area contributed by atoms with Gasteiger partial charge < -0.3 is 30.4 Å². The number of amides is 2. The molecule has 0 saturated heterocycles. The fourth-order valence-corrected chi connectivity index (χ4v) is 3.86. The van der Waals surface area contributed by atoms with E-state index in [2.05, 4.69) is 16.9 Å². The van der Waals surface area contributed by atoms with Gasteiger partial charge in [0.05, 0.1) is 18.4 Å². The van der Waals surface area contributed by atoms with Gasteiger partial charge in [0.1, 0.15) is 18.2 Å². The normalized spacial score (nSPS) is 11.4. The third kappa shape index (κ3) is 6.10. The first-order valence-corrected chi connectivity index (χ1v) is 11.9. The molecule has 0 aliphatic rings. The van der Waals surface area contributed by atoms with Crippen LogP contribution < -0.4 is 15.8 Å². The molecule has 3 aromatic rings. The second kappa shape index (κ2) is 12.1. The van der Waals surface area contributed by atoms with Crippen molar-refractivity contribution in [1.29, 1.82) is 0 Å². The molecular weight excluding hydrogens is 468 g/mol. The zero-order valence-corrected chi connectivity index (χ0v) is 21.9. The summed E-state index contributed by atoms with van der Waals surface area (Å²) in [5.41, 5.74) is 11.1. The summed E-state index contributed by atoms with van der Waals surface area (Å²) in [6.45, 7) is 7.72. The molecule has 4 N–H and O–H groups in total. The monoisotopic (exact) mass is 502 g/mol. The molecule has 0 aliphatic carbocycles. The molecule has 0 bridgehead atoms. The minimum Gasteiger partial charge on any atom is -0.496 e. The number of para-hydroxylation sites is 1. The lowest BCUT2D eigenvalue weighted by atomic mass is 9.96. The molecule has 2 aromatic carbocycles. The van der Waals surface area contributed by atoms with Crippen molar-refractivity contribution in [3.63, 3.8) is 0 Å². The summed E-state index contributed by atoms with van der Waals surface area (Å²) in [5, 5.41) is 2.77. The number of nitrogen functional groups attached to an aromatic ring is 1. The van der Waals surface area contributed by atoms with E-state index in [0.717, 1.165) is 33.6 Å². The Morgan fingerprint density at radius 2 is 1.89 bits per heavy atom. The summed E-state index contributed by atoms with van der Waals surface area (Å²) in [6, 6.07) is 12.9. The van der Waals surface area contributed by atoms with E-state index in [0.29, 0.717) is 17.1 Å². The summed E-state index contributed by atoms with van der Waals surface area (Å²) < 4.78 is 10.5. The van der Waals surface area contributed by atoms with Crippen molar-refractivity contribution in [2.24, 2.45) is 0 Å². The van der Waals surface area contributed by atoms with E-state index >= 15 is 0 Å². The van der Waals surface area contributed by atoms with Crippen molar-refractivity contribution in [3.8, 4) is 16.9 Å². The highest BCUT2D eigenvalue weighted by Crippen LogP contribution is 2.37. The van der Waals surface area contributed by atoms with E-state index in [1.54, 1.807) is 37.3 Å². The van der Waals surface area contributed by atoms with Crippen LogP contribution in [0.2, 0.25) is 0 Å². The highest BCUT2D eigenvalue weighted by molar-refractivity contribution is 6.05. The van der Waals surface area contributed by atoms with E-state index in [-0.39, 0.29) is 24.5 Å². The number of anilines is 2. The number of hydrogen-bond donors (Lipinski definition) is 3. The molecule has 0 spiro atoms. The van der Waals surface area contributed by atoms with Crippen LogP contribution in [0.5, 0.6) is 5.75 Å². The van der Waals surface area contributed by atoms with Crippen molar-refractivity contribution >= 4 is 35.0 Å². The highest BCUT2D eigenvalue weighted by Gasteiger charge is 2.21. The number of allylic oxidation sites excluding steroid dienone is 2. The van der Waals surface area contributed by atoms with Gasteiger partial charge in [0.25, 0.3) is 5.91 Å². The molecule has 1 aromatic heterocycles. The standard InChI is InChI=1S/C29H34N4O4/c1-7-19(14-22-24(16-31-28(22)30)21-10-8-9-11-26(21)37-6)20-12-13-25(32-27(34)17-36-5)23(15-20)29(35)33(4)18(2)3/h7-16,18,31H,1,17,30H2,2-6H3,(H,32,34)/b19-14+. The van der Waals surface area contributed by atoms with Crippen LogP contribution in [0.4, 0.5) is 11.5 Å². The Balaban J connectivity index is 2.13. The largest absolute Gasteiger partial charge is 0.496 e. The maximum absolute atomic E-state index is 13.3. The minimum atomic E-state index is -0.350. The molecule has 37 heavy (non-hydrogen) atoms. The van der Waals surface area contributed by atoms with Crippen LogP contribution in [0.25, 0.3) is 22.8 Å². The van der Waals surface area contributed by atoms with Gasteiger partial charge in [-0.05, 0) is 49.3 Å². The Morgan fingerprint density at radius 3 is 2.54 bits per heavy atom. The van der Waals surface area contributed by atoms with Gasteiger partial charge in [0.15, 0.2) is 0 Å².